The first-order valence-corrected chi connectivity index (χ1v) is 15.3. The SMILES string of the molecule is C=C/C(=C\C(=C/C)c1ccc2[nH]nc(-c3nc4c(-c5cc(F)cc(CNS(=C)(=C)C)c5)nccc4[nH]3)c2n1)N(C)C. The summed E-state index contributed by atoms with van der Waals surface area (Å²) >= 11 is 0. The van der Waals surface area contributed by atoms with Crippen molar-refractivity contribution in [1.82, 2.24) is 39.8 Å². The van der Waals surface area contributed by atoms with Crippen LogP contribution in [-0.2, 0) is 6.54 Å². The quantitative estimate of drug-likeness (QED) is 0.148. The van der Waals surface area contributed by atoms with Gasteiger partial charge in [0.25, 0.3) is 0 Å². The van der Waals surface area contributed by atoms with Crippen LogP contribution in [0.25, 0.3) is 50.4 Å². The Morgan fingerprint density at radius 3 is 2.56 bits per heavy atom. The van der Waals surface area contributed by atoms with E-state index < -0.39 is 9.39 Å². The molecule has 0 atom stereocenters. The molecule has 5 rings (SSSR count). The molecule has 0 aliphatic rings. The highest BCUT2D eigenvalue weighted by Crippen LogP contribution is 2.31. The van der Waals surface area contributed by atoms with Crippen LogP contribution in [0.4, 0.5) is 4.39 Å². The number of fused-ring (bicyclic) bond motifs is 2. The highest BCUT2D eigenvalue weighted by atomic mass is 32.2. The third-order valence-electron chi connectivity index (χ3n) is 6.52. The van der Waals surface area contributed by atoms with E-state index in [4.69, 9.17) is 9.97 Å². The molecular formula is C31H33FN8S. The monoisotopic (exact) mass is 568 g/mol. The van der Waals surface area contributed by atoms with Crippen molar-refractivity contribution in [2.24, 2.45) is 0 Å². The Morgan fingerprint density at radius 1 is 1.07 bits per heavy atom. The minimum Gasteiger partial charge on any atom is -0.378 e. The minimum absolute atomic E-state index is 0.351. The van der Waals surface area contributed by atoms with Crippen LogP contribution in [0.15, 0.2) is 73.1 Å². The Labute approximate surface area is 239 Å². The maximum Gasteiger partial charge on any atom is 0.161 e. The molecule has 10 heteroatoms. The summed E-state index contributed by atoms with van der Waals surface area (Å²) < 4.78 is 17.9. The molecule has 1 aromatic carbocycles. The second kappa shape index (κ2) is 11.1. The van der Waals surface area contributed by atoms with Crippen molar-refractivity contribution in [3.63, 3.8) is 0 Å². The maximum atomic E-state index is 14.7. The van der Waals surface area contributed by atoms with Gasteiger partial charge in [-0.3, -0.25) is 14.8 Å². The second-order valence-electron chi connectivity index (χ2n) is 10.2. The number of nitrogens with zero attached hydrogens (tertiary/aromatic N) is 5. The summed E-state index contributed by atoms with van der Waals surface area (Å²) in [6, 6.07) is 10.6. The summed E-state index contributed by atoms with van der Waals surface area (Å²) in [6.07, 6.45) is 9.48. The molecule has 0 radical (unpaired) electrons. The summed E-state index contributed by atoms with van der Waals surface area (Å²) in [4.78, 5) is 19.7. The molecule has 0 bridgehead atoms. The van der Waals surface area contributed by atoms with E-state index in [0.717, 1.165) is 33.6 Å². The number of aromatic amines is 2. The normalized spacial score (nSPS) is 12.8. The number of likely N-dealkylation sites (N-methyl/N-ethyl adjacent to an activating group) is 1. The molecule has 0 aliphatic heterocycles. The molecule has 0 saturated carbocycles. The summed E-state index contributed by atoms with van der Waals surface area (Å²) in [6.45, 7) is 6.34. The predicted octanol–water partition coefficient (Wildman–Crippen LogP) is 6.04. The number of hydrogen-bond acceptors (Lipinski definition) is 6. The Kier molecular flexibility index (Phi) is 7.61. The maximum absolute atomic E-state index is 14.7. The first-order chi connectivity index (χ1) is 19.6. The zero-order chi connectivity index (χ0) is 29.3. The second-order valence-corrected chi connectivity index (χ2v) is 13.0. The smallest absolute Gasteiger partial charge is 0.161 e. The average molecular weight is 569 g/mol. The van der Waals surface area contributed by atoms with E-state index in [0.29, 0.717) is 40.4 Å². The van der Waals surface area contributed by atoms with E-state index in [2.05, 4.69) is 43.2 Å². The molecule has 0 unspecified atom stereocenters. The fourth-order valence-corrected chi connectivity index (χ4v) is 4.98. The zero-order valence-corrected chi connectivity index (χ0v) is 24.4. The molecule has 0 fully saturated rings. The van der Waals surface area contributed by atoms with Gasteiger partial charge in [0.2, 0.25) is 0 Å². The van der Waals surface area contributed by atoms with Gasteiger partial charge in [-0.05, 0) is 72.9 Å². The number of halogens is 1. The van der Waals surface area contributed by atoms with Gasteiger partial charge in [0.15, 0.2) is 11.5 Å². The summed E-state index contributed by atoms with van der Waals surface area (Å²) in [5, 5.41) is 7.59. The van der Waals surface area contributed by atoms with Gasteiger partial charge < -0.3 is 9.88 Å². The van der Waals surface area contributed by atoms with E-state index >= 15 is 0 Å². The van der Waals surface area contributed by atoms with Gasteiger partial charge in [0.1, 0.15) is 16.9 Å². The van der Waals surface area contributed by atoms with E-state index in [1.807, 2.05) is 74.7 Å². The number of pyridine rings is 2. The van der Waals surface area contributed by atoms with Gasteiger partial charge in [0, 0.05) is 38.1 Å². The number of rotatable bonds is 9. The van der Waals surface area contributed by atoms with Gasteiger partial charge in [0.05, 0.1) is 22.4 Å². The number of hydrogen-bond donors (Lipinski definition) is 3. The van der Waals surface area contributed by atoms with E-state index in [-0.39, 0.29) is 5.82 Å². The fourth-order valence-electron chi connectivity index (χ4n) is 4.47. The largest absolute Gasteiger partial charge is 0.378 e. The van der Waals surface area contributed by atoms with E-state index in [1.165, 1.54) is 12.1 Å². The molecule has 5 aromatic rings. The van der Waals surface area contributed by atoms with Crippen molar-refractivity contribution >= 4 is 48.8 Å². The Hall–Kier alpha value is -4.54. The third kappa shape index (κ3) is 5.98. The Morgan fingerprint density at radius 2 is 1.85 bits per heavy atom. The van der Waals surface area contributed by atoms with Crippen LogP contribution in [0, 0.1) is 5.82 Å². The van der Waals surface area contributed by atoms with Crippen LogP contribution in [0.5, 0.6) is 0 Å². The van der Waals surface area contributed by atoms with Crippen molar-refractivity contribution in [1.29, 1.82) is 0 Å². The lowest BCUT2D eigenvalue weighted by Gasteiger charge is -2.14. The van der Waals surface area contributed by atoms with Gasteiger partial charge >= 0.3 is 0 Å². The Balaban J connectivity index is 1.58. The molecule has 210 valence electrons. The number of imidazole rings is 1. The number of H-pyrrole nitrogens is 2. The van der Waals surface area contributed by atoms with Crippen LogP contribution in [0.1, 0.15) is 18.2 Å². The first kappa shape index (κ1) is 28.0. The zero-order valence-electron chi connectivity index (χ0n) is 23.6. The number of benzene rings is 1. The van der Waals surface area contributed by atoms with Crippen molar-refractivity contribution in [2.75, 3.05) is 20.4 Å². The van der Waals surface area contributed by atoms with Crippen molar-refractivity contribution in [3.8, 4) is 22.8 Å². The van der Waals surface area contributed by atoms with Crippen molar-refractivity contribution in [3.05, 3.63) is 90.2 Å². The number of nitrogens with one attached hydrogen (secondary N) is 3. The van der Waals surface area contributed by atoms with Gasteiger partial charge in [-0.2, -0.15) is 14.5 Å². The molecule has 0 saturated heterocycles. The summed E-state index contributed by atoms with van der Waals surface area (Å²) in [5.41, 5.74) is 8.11. The van der Waals surface area contributed by atoms with Gasteiger partial charge in [-0.15, -0.1) is 0 Å². The van der Waals surface area contributed by atoms with Crippen molar-refractivity contribution in [2.45, 2.75) is 13.5 Å². The summed E-state index contributed by atoms with van der Waals surface area (Å²) in [7, 11) is 2.50. The lowest BCUT2D eigenvalue weighted by Crippen LogP contribution is -2.09. The predicted molar refractivity (Wildman–Crippen MR) is 172 cm³/mol. The third-order valence-corrected chi connectivity index (χ3v) is 7.37. The fraction of sp³-hybridized carbons (Fsp3) is 0.161. The number of aromatic nitrogens is 6. The highest BCUT2D eigenvalue weighted by Gasteiger charge is 2.18. The highest BCUT2D eigenvalue weighted by molar-refractivity contribution is 8.25. The first-order valence-electron chi connectivity index (χ1n) is 12.9. The Bertz CT molecular complexity index is 1940. The molecule has 4 heterocycles. The molecule has 8 nitrogen and oxygen atoms in total. The lowest BCUT2D eigenvalue weighted by molar-refractivity contribution is 0.530. The van der Waals surface area contributed by atoms with Crippen LogP contribution in [-0.4, -0.2) is 67.1 Å². The van der Waals surface area contributed by atoms with Gasteiger partial charge in [-0.25, -0.2) is 14.4 Å². The van der Waals surface area contributed by atoms with E-state index in [1.54, 1.807) is 6.20 Å². The molecule has 41 heavy (non-hydrogen) atoms. The topological polar surface area (TPSA) is 98.4 Å². The number of allylic oxidation sites excluding steroid dienone is 4. The van der Waals surface area contributed by atoms with E-state index in [9.17, 15) is 4.39 Å². The molecule has 4 aromatic heterocycles. The van der Waals surface area contributed by atoms with Gasteiger partial charge in [-0.1, -0.05) is 24.4 Å². The molecular weight excluding hydrogens is 535 g/mol. The average Bonchev–Trinajstić information content (AvgIpc) is 3.55. The molecule has 0 aliphatic carbocycles. The summed E-state index contributed by atoms with van der Waals surface area (Å²) in [5.74, 6) is 8.26. The lowest BCUT2D eigenvalue weighted by atomic mass is 10.1. The molecule has 3 N–H and O–H groups in total. The van der Waals surface area contributed by atoms with Crippen LogP contribution in [0.3, 0.4) is 0 Å². The minimum atomic E-state index is -1.44. The molecule has 0 spiro atoms. The van der Waals surface area contributed by atoms with Crippen LogP contribution < -0.4 is 4.72 Å². The van der Waals surface area contributed by atoms with Crippen LogP contribution in [0.2, 0.25) is 0 Å². The molecule has 0 amide bonds. The van der Waals surface area contributed by atoms with Crippen molar-refractivity contribution < 1.29 is 4.39 Å². The standard InChI is InChI=1S/C31H33FN8S/c1-8-20(17-23(9-2)40(3)4)24-10-11-26-29(35-24)30(39-38-26)31-36-25-12-13-33-27(28(25)37-31)21-14-19(15-22(32)16-21)18-34-41(5,6)7/h8-17,34H,2,5-6,18H2,1,3-4,7H3,(H,36,37)(H,38,39)/b20-8+,23-17+. The van der Waals surface area contributed by atoms with Crippen LogP contribution >= 0.6 is 9.39 Å².